The second-order valence-corrected chi connectivity index (χ2v) is 4.57. The Kier molecular flexibility index (Phi) is 2.78. The van der Waals surface area contributed by atoms with E-state index in [1.165, 1.54) is 17.5 Å². The lowest BCUT2D eigenvalue weighted by Gasteiger charge is -2.03. The summed E-state index contributed by atoms with van der Waals surface area (Å²) >= 11 is 1.41. The quantitative estimate of drug-likeness (QED) is 0.815. The molecule has 0 aliphatic carbocycles. The lowest BCUT2D eigenvalue weighted by Crippen LogP contribution is -2.05. The number of nitrogens with zero attached hydrogens (tertiary/aromatic N) is 1. The fourth-order valence-electron chi connectivity index (χ4n) is 1.44. The molecule has 0 saturated carbocycles. The normalized spacial score (nSPS) is 10.6. The average Bonchev–Trinajstić information content (AvgIpc) is 2.60. The van der Waals surface area contributed by atoms with Crippen LogP contribution in [0.25, 0.3) is 10.2 Å². The van der Waals surface area contributed by atoms with E-state index in [2.05, 4.69) is 4.98 Å². The van der Waals surface area contributed by atoms with Gasteiger partial charge in [-0.15, -0.1) is 11.3 Å². The number of aromatic hydroxyl groups is 1. The van der Waals surface area contributed by atoms with E-state index >= 15 is 0 Å². The van der Waals surface area contributed by atoms with Crippen LogP contribution in [0.1, 0.15) is 22.2 Å². The van der Waals surface area contributed by atoms with E-state index in [1.54, 1.807) is 6.92 Å². The smallest absolute Gasteiger partial charge is 0.343 e. The molecule has 2 aromatic heterocycles. The molecule has 0 radical (unpaired) electrons. The number of carbonyl (C=O) groups is 1. The molecule has 2 heterocycles. The van der Waals surface area contributed by atoms with Gasteiger partial charge in [0.05, 0.1) is 16.8 Å². The number of esters is 1. The Labute approximate surface area is 96.5 Å². The molecule has 1 N–H and O–H groups in total. The second kappa shape index (κ2) is 4.09. The number of hydrogen-bond acceptors (Lipinski definition) is 5. The SMILES string of the molecule is CCOC(=O)c1cnc2cc(C)sc2c1O. The number of fused-ring (bicyclic) bond motifs is 1. The molecule has 0 unspecified atom stereocenters. The molecule has 0 saturated heterocycles. The lowest BCUT2D eigenvalue weighted by molar-refractivity contribution is 0.0523. The van der Waals surface area contributed by atoms with Crippen molar-refractivity contribution < 1.29 is 14.6 Å². The molecule has 0 aliphatic rings. The highest BCUT2D eigenvalue weighted by Crippen LogP contribution is 2.33. The number of thiophene rings is 1. The third-order valence-corrected chi connectivity index (χ3v) is 3.18. The molecular formula is C11H11NO3S. The van der Waals surface area contributed by atoms with Gasteiger partial charge >= 0.3 is 5.97 Å². The number of rotatable bonds is 2. The molecule has 0 amide bonds. The van der Waals surface area contributed by atoms with Crippen molar-refractivity contribution in [2.75, 3.05) is 6.61 Å². The van der Waals surface area contributed by atoms with Gasteiger partial charge in [0.1, 0.15) is 5.56 Å². The van der Waals surface area contributed by atoms with Gasteiger partial charge in [-0.2, -0.15) is 0 Å². The number of aromatic nitrogens is 1. The fraction of sp³-hybridized carbons (Fsp3) is 0.273. The highest BCUT2D eigenvalue weighted by atomic mass is 32.1. The summed E-state index contributed by atoms with van der Waals surface area (Å²) in [4.78, 5) is 16.7. The van der Waals surface area contributed by atoms with Crippen LogP contribution in [-0.4, -0.2) is 22.7 Å². The van der Waals surface area contributed by atoms with Crippen LogP contribution in [0, 0.1) is 6.92 Å². The number of hydrogen-bond donors (Lipinski definition) is 1. The van der Waals surface area contributed by atoms with Crippen LogP contribution in [0.4, 0.5) is 0 Å². The zero-order chi connectivity index (χ0) is 11.7. The summed E-state index contributed by atoms with van der Waals surface area (Å²) in [5.41, 5.74) is 0.823. The van der Waals surface area contributed by atoms with Crippen molar-refractivity contribution in [1.29, 1.82) is 0 Å². The Morgan fingerprint density at radius 2 is 2.38 bits per heavy atom. The van der Waals surface area contributed by atoms with Gasteiger partial charge in [-0.25, -0.2) is 4.79 Å². The van der Waals surface area contributed by atoms with Gasteiger partial charge in [-0.05, 0) is 19.9 Å². The molecule has 2 aromatic rings. The monoisotopic (exact) mass is 237 g/mol. The molecule has 0 aromatic carbocycles. The van der Waals surface area contributed by atoms with Crippen LogP contribution in [0.5, 0.6) is 5.75 Å². The number of aryl methyl sites for hydroxylation is 1. The molecular weight excluding hydrogens is 226 g/mol. The summed E-state index contributed by atoms with van der Waals surface area (Å²) in [6, 6.07) is 1.87. The van der Waals surface area contributed by atoms with Crippen molar-refractivity contribution in [3.05, 3.63) is 22.7 Å². The first-order valence-corrected chi connectivity index (χ1v) is 5.70. The summed E-state index contributed by atoms with van der Waals surface area (Å²) in [6.07, 6.45) is 1.35. The lowest BCUT2D eigenvalue weighted by atomic mass is 10.2. The predicted molar refractivity (Wildman–Crippen MR) is 62.0 cm³/mol. The highest BCUT2D eigenvalue weighted by molar-refractivity contribution is 7.19. The van der Waals surface area contributed by atoms with Gasteiger partial charge in [0.15, 0.2) is 5.75 Å². The maximum absolute atomic E-state index is 11.5. The minimum atomic E-state index is -0.541. The minimum Gasteiger partial charge on any atom is -0.505 e. The summed E-state index contributed by atoms with van der Waals surface area (Å²) < 4.78 is 5.46. The Balaban J connectivity index is 2.55. The van der Waals surface area contributed by atoms with Crippen molar-refractivity contribution in [1.82, 2.24) is 4.98 Å². The zero-order valence-electron chi connectivity index (χ0n) is 8.98. The molecule has 5 heteroatoms. The summed E-state index contributed by atoms with van der Waals surface area (Å²) in [7, 11) is 0. The summed E-state index contributed by atoms with van der Waals surface area (Å²) in [6.45, 7) is 3.92. The number of pyridine rings is 1. The topological polar surface area (TPSA) is 59.4 Å². The third kappa shape index (κ3) is 1.74. The van der Waals surface area contributed by atoms with Gasteiger partial charge in [0.2, 0.25) is 0 Å². The van der Waals surface area contributed by atoms with Crippen LogP contribution < -0.4 is 0 Å². The van der Waals surface area contributed by atoms with Crippen molar-refractivity contribution in [3.63, 3.8) is 0 Å². The van der Waals surface area contributed by atoms with E-state index < -0.39 is 5.97 Å². The van der Waals surface area contributed by atoms with Crippen LogP contribution >= 0.6 is 11.3 Å². The third-order valence-electron chi connectivity index (χ3n) is 2.13. The molecule has 0 bridgehead atoms. The van der Waals surface area contributed by atoms with Gasteiger partial charge in [-0.3, -0.25) is 4.98 Å². The molecule has 16 heavy (non-hydrogen) atoms. The van der Waals surface area contributed by atoms with Crippen LogP contribution in [0.3, 0.4) is 0 Å². The molecule has 0 fully saturated rings. The molecule has 0 aliphatic heterocycles. The number of carbonyl (C=O) groups excluding carboxylic acids is 1. The highest BCUT2D eigenvalue weighted by Gasteiger charge is 2.17. The first kappa shape index (κ1) is 10.9. The summed E-state index contributed by atoms with van der Waals surface area (Å²) in [5, 5.41) is 9.93. The van der Waals surface area contributed by atoms with E-state index in [0.717, 1.165) is 4.88 Å². The van der Waals surface area contributed by atoms with Gasteiger partial charge < -0.3 is 9.84 Å². The molecule has 0 spiro atoms. The van der Waals surface area contributed by atoms with E-state index in [0.29, 0.717) is 10.2 Å². The Morgan fingerprint density at radius 1 is 1.62 bits per heavy atom. The van der Waals surface area contributed by atoms with Gasteiger partial charge in [0.25, 0.3) is 0 Å². The van der Waals surface area contributed by atoms with E-state index in [4.69, 9.17) is 4.74 Å². The molecule has 4 nitrogen and oxygen atoms in total. The first-order chi connectivity index (χ1) is 7.63. The molecule has 0 atom stereocenters. The van der Waals surface area contributed by atoms with E-state index in [1.807, 2.05) is 13.0 Å². The van der Waals surface area contributed by atoms with Gasteiger partial charge in [-0.1, -0.05) is 0 Å². The van der Waals surface area contributed by atoms with Crippen LogP contribution in [0.15, 0.2) is 12.3 Å². The fourth-order valence-corrected chi connectivity index (χ4v) is 2.36. The Hall–Kier alpha value is -1.62. The van der Waals surface area contributed by atoms with Crippen LogP contribution in [-0.2, 0) is 4.74 Å². The standard InChI is InChI=1S/C11H11NO3S/c1-3-15-11(14)7-5-12-8-4-6(2)16-10(8)9(7)13/h4-5H,3H2,1-2H3,(H,12,13). The minimum absolute atomic E-state index is 0.0402. The average molecular weight is 237 g/mol. The second-order valence-electron chi connectivity index (χ2n) is 3.31. The van der Waals surface area contributed by atoms with E-state index in [-0.39, 0.29) is 17.9 Å². The van der Waals surface area contributed by atoms with Crippen molar-refractivity contribution in [2.45, 2.75) is 13.8 Å². The Morgan fingerprint density at radius 3 is 3.06 bits per heavy atom. The maximum atomic E-state index is 11.5. The van der Waals surface area contributed by atoms with Gasteiger partial charge in [0, 0.05) is 11.1 Å². The Bertz CT molecular complexity index is 547. The van der Waals surface area contributed by atoms with Crippen molar-refractivity contribution in [3.8, 4) is 5.75 Å². The van der Waals surface area contributed by atoms with Crippen molar-refractivity contribution >= 4 is 27.5 Å². The molecule has 2 rings (SSSR count). The first-order valence-electron chi connectivity index (χ1n) is 4.88. The predicted octanol–water partition coefficient (Wildman–Crippen LogP) is 2.49. The van der Waals surface area contributed by atoms with E-state index in [9.17, 15) is 9.90 Å². The largest absolute Gasteiger partial charge is 0.505 e. The summed E-state index contributed by atoms with van der Waals surface area (Å²) in [5.74, 6) is -0.581. The van der Waals surface area contributed by atoms with Crippen LogP contribution in [0.2, 0.25) is 0 Å². The molecule has 84 valence electrons. The van der Waals surface area contributed by atoms with Crippen molar-refractivity contribution in [2.24, 2.45) is 0 Å². The number of ether oxygens (including phenoxy) is 1. The maximum Gasteiger partial charge on any atom is 0.343 e. The zero-order valence-corrected chi connectivity index (χ0v) is 9.80.